The Balaban J connectivity index is 1.21. The van der Waals surface area contributed by atoms with E-state index >= 15 is 0 Å². The van der Waals surface area contributed by atoms with E-state index in [1.54, 1.807) is 0 Å². The molecule has 262 valence electrons. The van der Waals surface area contributed by atoms with Crippen LogP contribution in [0.1, 0.15) is 11.1 Å². The van der Waals surface area contributed by atoms with Crippen LogP contribution in [-0.2, 0) is 0 Å². The second kappa shape index (κ2) is 12.8. The molecule has 11 rings (SSSR count). The largest absolute Gasteiger partial charge is 0.0622 e. The van der Waals surface area contributed by atoms with E-state index in [1.165, 1.54) is 120 Å². The third kappa shape index (κ3) is 4.86. The quantitative estimate of drug-likeness (QED) is 0.126. The maximum atomic E-state index is 2.47. The van der Waals surface area contributed by atoms with E-state index in [0.29, 0.717) is 0 Å². The molecule has 0 aromatic heterocycles. The molecule has 0 saturated heterocycles. The molecule has 0 radical (unpaired) electrons. The average Bonchev–Trinajstić information content (AvgIpc) is 3.26. The highest BCUT2D eigenvalue weighted by atomic mass is 14.2. The first kappa shape index (κ1) is 32.4. The molecule has 0 unspecified atom stereocenters. The average molecular weight is 711 g/mol. The van der Waals surface area contributed by atoms with Gasteiger partial charge in [0.15, 0.2) is 0 Å². The molecule has 0 aliphatic carbocycles. The highest BCUT2D eigenvalue weighted by Gasteiger charge is 2.20. The summed E-state index contributed by atoms with van der Waals surface area (Å²) in [5, 5.41) is 15.4. The second-order valence-corrected chi connectivity index (χ2v) is 15.2. The Morgan fingerprint density at radius 3 is 0.732 bits per heavy atom. The summed E-state index contributed by atoms with van der Waals surface area (Å²) >= 11 is 0. The van der Waals surface area contributed by atoms with Gasteiger partial charge < -0.3 is 0 Å². The van der Waals surface area contributed by atoms with Gasteiger partial charge in [0.05, 0.1) is 0 Å². The topological polar surface area (TPSA) is 0 Å². The normalized spacial score (nSPS) is 11.8. The molecule has 0 N–H and O–H groups in total. The van der Waals surface area contributed by atoms with E-state index in [1.807, 2.05) is 0 Å². The zero-order chi connectivity index (χ0) is 37.3. The zero-order valence-electron chi connectivity index (χ0n) is 31.5. The van der Waals surface area contributed by atoms with Gasteiger partial charge in [-0.2, -0.15) is 0 Å². The summed E-state index contributed by atoms with van der Waals surface area (Å²) in [7, 11) is 0. The first-order valence-electron chi connectivity index (χ1n) is 19.6. The number of fused-ring (bicyclic) bond motifs is 7. The highest BCUT2D eigenvalue weighted by Crippen LogP contribution is 2.47. The van der Waals surface area contributed by atoms with Gasteiger partial charge in [0.25, 0.3) is 0 Å². The Kier molecular flexibility index (Phi) is 7.41. The molecule has 0 aliphatic rings. The molecule has 11 aromatic carbocycles. The Morgan fingerprint density at radius 2 is 0.446 bits per heavy atom. The maximum absolute atomic E-state index is 2.47. The van der Waals surface area contributed by atoms with Crippen LogP contribution in [0.25, 0.3) is 109 Å². The van der Waals surface area contributed by atoms with Crippen LogP contribution in [0.2, 0.25) is 0 Å². The predicted octanol–water partition coefficient (Wildman–Crippen LogP) is 15.9. The summed E-state index contributed by atoms with van der Waals surface area (Å²) in [5.41, 5.74) is 12.8. The van der Waals surface area contributed by atoms with Crippen molar-refractivity contribution in [3.8, 4) is 44.5 Å². The number of rotatable bonds is 4. The zero-order valence-corrected chi connectivity index (χ0v) is 31.5. The van der Waals surface area contributed by atoms with E-state index in [9.17, 15) is 0 Å². The summed E-state index contributed by atoms with van der Waals surface area (Å²) < 4.78 is 0. The van der Waals surface area contributed by atoms with Crippen molar-refractivity contribution >= 4 is 64.6 Å². The molecular formula is C56H38. The van der Waals surface area contributed by atoms with Crippen LogP contribution in [0, 0.1) is 13.8 Å². The van der Waals surface area contributed by atoms with E-state index in [4.69, 9.17) is 0 Å². The summed E-state index contributed by atoms with van der Waals surface area (Å²) in [6.45, 7) is 4.57. The van der Waals surface area contributed by atoms with Gasteiger partial charge in [-0.15, -0.1) is 0 Å². The number of hydrogen-bond donors (Lipinski definition) is 0. The van der Waals surface area contributed by atoms with Gasteiger partial charge in [0.2, 0.25) is 0 Å². The van der Waals surface area contributed by atoms with Gasteiger partial charge >= 0.3 is 0 Å². The Hall–Kier alpha value is -7.02. The van der Waals surface area contributed by atoms with Crippen molar-refractivity contribution in [2.75, 3.05) is 0 Å². The molecule has 0 saturated carbocycles. The molecule has 0 spiro atoms. The van der Waals surface area contributed by atoms with Crippen molar-refractivity contribution in [2.45, 2.75) is 13.8 Å². The Labute approximate surface area is 326 Å². The van der Waals surface area contributed by atoms with Gasteiger partial charge in [-0.3, -0.25) is 0 Å². The molecule has 0 heterocycles. The van der Waals surface area contributed by atoms with Crippen LogP contribution < -0.4 is 0 Å². The van der Waals surface area contributed by atoms with Crippen LogP contribution in [0.15, 0.2) is 194 Å². The minimum Gasteiger partial charge on any atom is -0.0622 e. The monoisotopic (exact) mass is 710 g/mol. The molecule has 0 nitrogen and oxygen atoms in total. The lowest BCUT2D eigenvalue weighted by Crippen LogP contribution is -1.93. The Morgan fingerprint density at radius 1 is 0.196 bits per heavy atom. The van der Waals surface area contributed by atoms with E-state index < -0.39 is 0 Å². The summed E-state index contributed by atoms with van der Waals surface area (Å²) in [4.78, 5) is 0. The maximum Gasteiger partial charge on any atom is -0.00261 e. The van der Waals surface area contributed by atoms with Gasteiger partial charge in [-0.25, -0.2) is 0 Å². The van der Waals surface area contributed by atoms with Crippen LogP contribution in [0.5, 0.6) is 0 Å². The van der Waals surface area contributed by atoms with Crippen molar-refractivity contribution in [1.82, 2.24) is 0 Å². The van der Waals surface area contributed by atoms with Gasteiger partial charge in [-0.05, 0) is 146 Å². The fourth-order valence-electron chi connectivity index (χ4n) is 9.61. The lowest BCUT2D eigenvalue weighted by Gasteiger charge is -2.20. The van der Waals surface area contributed by atoms with Crippen molar-refractivity contribution in [3.05, 3.63) is 205 Å². The van der Waals surface area contributed by atoms with Gasteiger partial charge in [0, 0.05) is 0 Å². The second-order valence-electron chi connectivity index (χ2n) is 15.2. The molecule has 0 aliphatic heterocycles. The van der Waals surface area contributed by atoms with Crippen molar-refractivity contribution < 1.29 is 0 Å². The van der Waals surface area contributed by atoms with Crippen LogP contribution >= 0.6 is 0 Å². The lowest BCUT2D eigenvalue weighted by atomic mass is 9.83. The molecule has 0 bridgehead atoms. The molecule has 11 aromatic rings. The van der Waals surface area contributed by atoms with E-state index in [2.05, 4.69) is 208 Å². The first-order valence-corrected chi connectivity index (χ1v) is 19.6. The smallest absolute Gasteiger partial charge is 0.00261 e. The third-order valence-corrected chi connectivity index (χ3v) is 12.3. The van der Waals surface area contributed by atoms with Crippen molar-refractivity contribution in [3.63, 3.8) is 0 Å². The standard InChI is InChI=1S/C56H38/c1-35-36(2)42-32-30-40(56-49-27-15-11-23-45(49)54(38-19-7-4-8-20-38)46-24-12-16-28-50(46)56)34-52(42)51-33-39(29-31-41(35)51)55-47-25-13-9-21-43(47)53(37-17-5-3-6-18-37)44-22-10-14-26-48(44)55/h3-34H,1-2H3. The number of benzene rings is 11. The van der Waals surface area contributed by atoms with Crippen molar-refractivity contribution in [1.29, 1.82) is 0 Å². The van der Waals surface area contributed by atoms with Crippen LogP contribution in [-0.4, -0.2) is 0 Å². The molecule has 0 atom stereocenters. The molecular weight excluding hydrogens is 673 g/mol. The lowest BCUT2D eigenvalue weighted by molar-refractivity contribution is 1.41. The number of aryl methyl sites for hydroxylation is 2. The first-order chi connectivity index (χ1) is 27.7. The van der Waals surface area contributed by atoms with E-state index in [-0.39, 0.29) is 0 Å². The predicted molar refractivity (Wildman–Crippen MR) is 243 cm³/mol. The summed E-state index contributed by atoms with van der Waals surface area (Å²) in [5.74, 6) is 0. The molecule has 0 amide bonds. The molecule has 56 heavy (non-hydrogen) atoms. The van der Waals surface area contributed by atoms with Crippen LogP contribution in [0.3, 0.4) is 0 Å². The van der Waals surface area contributed by atoms with Crippen molar-refractivity contribution in [2.24, 2.45) is 0 Å². The van der Waals surface area contributed by atoms with Crippen LogP contribution in [0.4, 0.5) is 0 Å². The number of hydrogen-bond acceptors (Lipinski definition) is 0. The fourth-order valence-corrected chi connectivity index (χ4v) is 9.61. The SMILES string of the molecule is Cc1c(C)c2ccc(-c3c4ccccc4c(-c4ccccc4)c4ccccc34)cc2c2cc(-c3c4ccccc4c(-c4ccccc4)c4ccccc34)ccc12. The minimum absolute atomic E-state index is 1.24. The fraction of sp³-hybridized carbons (Fsp3) is 0.0357. The molecule has 0 fully saturated rings. The Bertz CT molecular complexity index is 3010. The summed E-state index contributed by atoms with van der Waals surface area (Å²) in [6, 6.07) is 71.9. The van der Waals surface area contributed by atoms with Gasteiger partial charge in [-0.1, -0.05) is 182 Å². The minimum atomic E-state index is 1.24. The van der Waals surface area contributed by atoms with Gasteiger partial charge in [0.1, 0.15) is 0 Å². The highest BCUT2D eigenvalue weighted by molar-refractivity contribution is 6.24. The van der Waals surface area contributed by atoms with E-state index in [0.717, 1.165) is 0 Å². The summed E-state index contributed by atoms with van der Waals surface area (Å²) in [6.07, 6.45) is 0. The molecule has 0 heteroatoms. The third-order valence-electron chi connectivity index (χ3n) is 12.3.